The molecule has 2 aliphatic rings. The molecule has 0 bridgehead atoms. The van der Waals surface area contributed by atoms with Crippen molar-refractivity contribution in [2.75, 3.05) is 0 Å². The molecule has 1 N–H and O–H groups in total. The number of benzene rings is 3. The van der Waals surface area contributed by atoms with E-state index in [9.17, 15) is 14.7 Å². The highest BCUT2D eigenvalue weighted by atomic mass is 16.7. The Hall–Kier alpha value is -3.60. The summed E-state index contributed by atoms with van der Waals surface area (Å²) in [6.45, 7) is 3.82. The molecule has 0 amide bonds. The summed E-state index contributed by atoms with van der Waals surface area (Å²) in [5.41, 5.74) is 1.78. The van der Waals surface area contributed by atoms with Crippen LogP contribution in [0.25, 0.3) is 0 Å². The Morgan fingerprint density at radius 1 is 0.714 bits per heavy atom. The van der Waals surface area contributed by atoms with Crippen molar-refractivity contribution < 1.29 is 43.1 Å². The van der Waals surface area contributed by atoms with Gasteiger partial charge in [0.15, 0.2) is 18.7 Å². The lowest BCUT2D eigenvalue weighted by atomic mass is 10.00. The molecule has 0 aliphatic carbocycles. The maximum Gasteiger partial charge on any atom is 0.338 e. The summed E-state index contributed by atoms with van der Waals surface area (Å²) in [6, 6.07) is 27.0. The highest BCUT2D eigenvalue weighted by molar-refractivity contribution is 5.90. The fourth-order valence-electron chi connectivity index (χ4n) is 5.13. The highest BCUT2D eigenvalue weighted by Crippen LogP contribution is 2.32. The zero-order valence-corrected chi connectivity index (χ0v) is 23.6. The molecule has 3 aromatic carbocycles. The van der Waals surface area contributed by atoms with Crippen LogP contribution in [-0.4, -0.2) is 66.2 Å². The zero-order chi connectivity index (χ0) is 29.5. The molecule has 0 radical (unpaired) electrons. The third-order valence-corrected chi connectivity index (χ3v) is 7.40. The summed E-state index contributed by atoms with van der Waals surface area (Å²) in [5, 5.41) is 10.7. The molecule has 5 rings (SSSR count). The molecule has 0 aromatic heterocycles. The monoisotopic (exact) mass is 576 g/mol. The van der Waals surface area contributed by atoms with Gasteiger partial charge in [0.05, 0.1) is 29.9 Å². The largest absolute Gasteiger partial charge is 0.456 e. The topological polar surface area (TPSA) is 110 Å². The number of hydrogen-bond acceptors (Lipinski definition) is 9. The molecule has 222 valence electrons. The molecule has 9 heteroatoms. The van der Waals surface area contributed by atoms with Gasteiger partial charge in [0.2, 0.25) is 0 Å². The Morgan fingerprint density at radius 2 is 1.24 bits per heavy atom. The molecule has 8 atom stereocenters. The van der Waals surface area contributed by atoms with E-state index in [0.29, 0.717) is 17.7 Å². The van der Waals surface area contributed by atoms with E-state index in [1.807, 2.05) is 36.4 Å². The Balaban J connectivity index is 1.29. The summed E-state index contributed by atoms with van der Waals surface area (Å²) >= 11 is 0. The average Bonchev–Trinajstić information content (AvgIpc) is 3.01. The van der Waals surface area contributed by atoms with Gasteiger partial charge in [-0.1, -0.05) is 66.7 Å². The van der Waals surface area contributed by atoms with Gasteiger partial charge in [0, 0.05) is 12.8 Å². The van der Waals surface area contributed by atoms with Gasteiger partial charge in [-0.15, -0.1) is 0 Å². The van der Waals surface area contributed by atoms with Crippen LogP contribution in [0.5, 0.6) is 0 Å². The standard InChI is InChI=1S/C33H36O9/c1-21-30(34)26(41-32(35)24-14-8-4-9-15-24)18-29(38-21)40-27-19-28(37-20-23-12-6-3-7-13-23)39-22(2)31(27)42-33(36)25-16-10-5-11-17-25/h3-17,21-22,26-31,34H,18-20H2,1-2H3/t21-,22-,26-,27-,28-,29+,30-,31-/m1/s1. The first-order chi connectivity index (χ1) is 20.4. The van der Waals surface area contributed by atoms with Gasteiger partial charge < -0.3 is 33.5 Å². The summed E-state index contributed by atoms with van der Waals surface area (Å²) in [7, 11) is 0. The fourth-order valence-corrected chi connectivity index (χ4v) is 5.13. The number of carbonyl (C=O) groups excluding carboxylic acids is 2. The maximum atomic E-state index is 13.0. The minimum atomic E-state index is -1.04. The molecule has 2 saturated heterocycles. The fraction of sp³-hybridized carbons (Fsp3) is 0.394. The highest BCUT2D eigenvalue weighted by Gasteiger charge is 2.45. The van der Waals surface area contributed by atoms with E-state index >= 15 is 0 Å². The summed E-state index contributed by atoms with van der Waals surface area (Å²) in [5.74, 6) is -1.05. The van der Waals surface area contributed by atoms with Crippen molar-refractivity contribution in [3.63, 3.8) is 0 Å². The minimum absolute atomic E-state index is 0.0880. The van der Waals surface area contributed by atoms with Crippen LogP contribution in [0.4, 0.5) is 0 Å². The van der Waals surface area contributed by atoms with E-state index in [1.54, 1.807) is 68.4 Å². The second-order valence-corrected chi connectivity index (χ2v) is 10.5. The van der Waals surface area contributed by atoms with Crippen LogP contribution in [0.3, 0.4) is 0 Å². The van der Waals surface area contributed by atoms with E-state index < -0.39 is 61.1 Å². The molecular weight excluding hydrogens is 540 g/mol. The van der Waals surface area contributed by atoms with E-state index in [2.05, 4.69) is 0 Å². The molecule has 0 unspecified atom stereocenters. The van der Waals surface area contributed by atoms with Crippen molar-refractivity contribution in [3.05, 3.63) is 108 Å². The Bertz CT molecular complexity index is 1290. The van der Waals surface area contributed by atoms with E-state index in [0.717, 1.165) is 5.56 Å². The van der Waals surface area contributed by atoms with E-state index in [4.69, 9.17) is 28.4 Å². The molecule has 2 aliphatic heterocycles. The first-order valence-corrected chi connectivity index (χ1v) is 14.2. The van der Waals surface area contributed by atoms with Crippen LogP contribution in [-0.2, 0) is 35.0 Å². The number of hydrogen-bond donors (Lipinski definition) is 1. The van der Waals surface area contributed by atoms with Crippen LogP contribution < -0.4 is 0 Å². The van der Waals surface area contributed by atoms with Crippen molar-refractivity contribution in [1.29, 1.82) is 0 Å². The summed E-state index contributed by atoms with van der Waals surface area (Å²) in [6.07, 6.45) is -5.71. The van der Waals surface area contributed by atoms with Gasteiger partial charge in [-0.3, -0.25) is 0 Å². The maximum absolute atomic E-state index is 13.0. The van der Waals surface area contributed by atoms with Crippen molar-refractivity contribution in [3.8, 4) is 0 Å². The molecule has 0 spiro atoms. The number of aliphatic hydroxyl groups is 1. The summed E-state index contributed by atoms with van der Waals surface area (Å²) in [4.78, 5) is 25.7. The quantitative estimate of drug-likeness (QED) is 0.364. The van der Waals surface area contributed by atoms with Crippen LogP contribution in [0.2, 0.25) is 0 Å². The van der Waals surface area contributed by atoms with E-state index in [-0.39, 0.29) is 12.8 Å². The van der Waals surface area contributed by atoms with Crippen LogP contribution in [0, 0.1) is 0 Å². The number of ether oxygens (including phenoxy) is 6. The molecule has 9 nitrogen and oxygen atoms in total. The smallest absolute Gasteiger partial charge is 0.338 e. The Morgan fingerprint density at radius 3 is 1.86 bits per heavy atom. The second kappa shape index (κ2) is 14.0. The normalized spacial score (nSPS) is 29.4. The Labute approximate surface area is 245 Å². The van der Waals surface area contributed by atoms with Crippen molar-refractivity contribution in [2.45, 2.75) is 82.5 Å². The average molecular weight is 577 g/mol. The zero-order valence-electron chi connectivity index (χ0n) is 23.6. The van der Waals surface area contributed by atoms with Crippen molar-refractivity contribution >= 4 is 11.9 Å². The van der Waals surface area contributed by atoms with Gasteiger partial charge in [-0.05, 0) is 43.7 Å². The first-order valence-electron chi connectivity index (χ1n) is 14.2. The number of carbonyl (C=O) groups is 2. The van der Waals surface area contributed by atoms with Crippen LogP contribution in [0.1, 0.15) is 53.0 Å². The SMILES string of the molecule is C[C@H]1O[C@@H](O[C@@H]2C[C@H](OCc3ccccc3)O[C@H](C)[C@H]2OC(=O)c2ccccc2)C[C@@H](OC(=O)c2ccccc2)[C@@H]1O. The lowest BCUT2D eigenvalue weighted by Gasteiger charge is -2.43. The van der Waals surface area contributed by atoms with Gasteiger partial charge in [0.1, 0.15) is 18.3 Å². The second-order valence-electron chi connectivity index (χ2n) is 10.5. The molecule has 2 fully saturated rings. The predicted octanol–water partition coefficient (Wildman–Crippen LogP) is 4.67. The van der Waals surface area contributed by atoms with Gasteiger partial charge in [0.25, 0.3) is 0 Å². The molecule has 3 aromatic rings. The number of esters is 2. The van der Waals surface area contributed by atoms with Crippen LogP contribution in [0.15, 0.2) is 91.0 Å². The molecule has 42 heavy (non-hydrogen) atoms. The minimum Gasteiger partial charge on any atom is -0.456 e. The van der Waals surface area contributed by atoms with Gasteiger partial charge >= 0.3 is 11.9 Å². The first kappa shape index (κ1) is 29.9. The molecular formula is C33H36O9. The molecule has 2 heterocycles. The van der Waals surface area contributed by atoms with Gasteiger partial charge in [-0.2, -0.15) is 0 Å². The van der Waals surface area contributed by atoms with Gasteiger partial charge in [-0.25, -0.2) is 9.59 Å². The summed E-state index contributed by atoms with van der Waals surface area (Å²) < 4.78 is 36.1. The molecule has 0 saturated carbocycles. The van der Waals surface area contributed by atoms with Crippen molar-refractivity contribution in [2.24, 2.45) is 0 Å². The Kier molecular flexibility index (Phi) is 9.99. The number of aliphatic hydroxyl groups excluding tert-OH is 1. The van der Waals surface area contributed by atoms with Crippen molar-refractivity contribution in [1.82, 2.24) is 0 Å². The van der Waals surface area contributed by atoms with Crippen LogP contribution >= 0.6 is 0 Å². The predicted molar refractivity (Wildman–Crippen MR) is 151 cm³/mol. The lowest BCUT2D eigenvalue weighted by molar-refractivity contribution is -0.306. The third-order valence-electron chi connectivity index (χ3n) is 7.40. The third kappa shape index (κ3) is 7.61. The number of rotatable bonds is 9. The lowest BCUT2D eigenvalue weighted by Crippen LogP contribution is -2.55. The van der Waals surface area contributed by atoms with E-state index in [1.165, 1.54) is 0 Å².